The molecule has 1 nitrogen and oxygen atoms in total. The predicted molar refractivity (Wildman–Crippen MR) is 74.0 cm³/mol. The van der Waals surface area contributed by atoms with E-state index >= 15 is 0 Å². The fourth-order valence-corrected chi connectivity index (χ4v) is 2.86. The van der Waals surface area contributed by atoms with Gasteiger partial charge in [-0.15, -0.1) is 0 Å². The fourth-order valence-electron chi connectivity index (χ4n) is 2.86. The maximum atomic E-state index is 2.71. The van der Waals surface area contributed by atoms with Gasteiger partial charge in [0.05, 0.1) is 0 Å². The van der Waals surface area contributed by atoms with Crippen molar-refractivity contribution in [1.82, 2.24) is 4.90 Å². The number of benzene rings is 1. The van der Waals surface area contributed by atoms with E-state index in [-0.39, 0.29) is 0 Å². The first-order valence-electron chi connectivity index (χ1n) is 7.01. The molecule has 1 aliphatic rings. The molecule has 0 amide bonds. The van der Waals surface area contributed by atoms with Crippen LogP contribution in [0.5, 0.6) is 0 Å². The van der Waals surface area contributed by atoms with Crippen LogP contribution in [0.3, 0.4) is 0 Å². The van der Waals surface area contributed by atoms with E-state index in [0.29, 0.717) is 12.1 Å². The van der Waals surface area contributed by atoms with Gasteiger partial charge in [-0.25, -0.2) is 0 Å². The Morgan fingerprint density at radius 1 is 1.06 bits per heavy atom. The number of rotatable bonds is 3. The molecule has 1 saturated heterocycles. The SMILES string of the molecule is CC(C)C(C)N1CCCCC1c1ccccc1. The molecule has 0 radical (unpaired) electrons. The largest absolute Gasteiger partial charge is 0.293 e. The van der Waals surface area contributed by atoms with Crippen molar-refractivity contribution in [3.05, 3.63) is 35.9 Å². The van der Waals surface area contributed by atoms with Gasteiger partial charge in [0.1, 0.15) is 0 Å². The second-order valence-corrected chi connectivity index (χ2v) is 5.64. The summed E-state index contributed by atoms with van der Waals surface area (Å²) in [6, 6.07) is 12.3. The van der Waals surface area contributed by atoms with Crippen LogP contribution in [0.2, 0.25) is 0 Å². The molecule has 1 aromatic rings. The first-order valence-corrected chi connectivity index (χ1v) is 7.01. The minimum Gasteiger partial charge on any atom is -0.293 e. The third kappa shape index (κ3) is 2.90. The van der Waals surface area contributed by atoms with Crippen molar-refractivity contribution in [2.75, 3.05) is 6.54 Å². The van der Waals surface area contributed by atoms with E-state index in [4.69, 9.17) is 0 Å². The highest BCUT2D eigenvalue weighted by Crippen LogP contribution is 2.33. The van der Waals surface area contributed by atoms with Gasteiger partial charge in [-0.2, -0.15) is 0 Å². The number of hydrogen-bond acceptors (Lipinski definition) is 1. The molecule has 0 saturated carbocycles. The maximum Gasteiger partial charge on any atom is 0.0351 e. The van der Waals surface area contributed by atoms with Crippen LogP contribution >= 0.6 is 0 Å². The third-order valence-electron chi connectivity index (χ3n) is 4.22. The van der Waals surface area contributed by atoms with Crippen LogP contribution in [0.1, 0.15) is 51.6 Å². The Morgan fingerprint density at radius 3 is 2.41 bits per heavy atom. The molecule has 0 aliphatic carbocycles. The summed E-state index contributed by atoms with van der Waals surface area (Å²) in [5, 5.41) is 0. The van der Waals surface area contributed by atoms with Crippen molar-refractivity contribution in [3.63, 3.8) is 0 Å². The lowest BCUT2D eigenvalue weighted by molar-refractivity contribution is 0.0786. The number of piperidine rings is 1. The summed E-state index contributed by atoms with van der Waals surface area (Å²) < 4.78 is 0. The highest BCUT2D eigenvalue weighted by atomic mass is 15.2. The molecule has 1 heterocycles. The molecule has 0 bridgehead atoms. The Kier molecular flexibility index (Phi) is 4.22. The average molecular weight is 231 g/mol. The summed E-state index contributed by atoms with van der Waals surface area (Å²) in [5.41, 5.74) is 1.50. The molecule has 17 heavy (non-hydrogen) atoms. The van der Waals surface area contributed by atoms with Crippen LogP contribution in [0, 0.1) is 5.92 Å². The van der Waals surface area contributed by atoms with Crippen molar-refractivity contribution in [2.45, 2.75) is 52.1 Å². The molecule has 0 spiro atoms. The van der Waals surface area contributed by atoms with Crippen LogP contribution in [-0.2, 0) is 0 Å². The van der Waals surface area contributed by atoms with E-state index < -0.39 is 0 Å². The Hall–Kier alpha value is -0.820. The standard InChI is InChI=1S/C16H25N/c1-13(2)14(3)17-12-8-7-11-16(17)15-9-5-4-6-10-15/h4-6,9-10,13-14,16H,7-8,11-12H2,1-3H3. The number of nitrogens with zero attached hydrogens (tertiary/aromatic N) is 1. The molecule has 1 heteroatoms. The summed E-state index contributed by atoms with van der Waals surface area (Å²) in [4.78, 5) is 2.71. The van der Waals surface area contributed by atoms with E-state index in [2.05, 4.69) is 56.0 Å². The molecule has 2 atom stereocenters. The summed E-state index contributed by atoms with van der Waals surface area (Å²) in [7, 11) is 0. The molecule has 0 aromatic heterocycles. The number of hydrogen-bond donors (Lipinski definition) is 0. The van der Waals surface area contributed by atoms with E-state index in [1.807, 2.05) is 0 Å². The molecule has 94 valence electrons. The normalized spacial score (nSPS) is 23.9. The Labute approximate surface area is 106 Å². The van der Waals surface area contributed by atoms with E-state index in [0.717, 1.165) is 5.92 Å². The van der Waals surface area contributed by atoms with Gasteiger partial charge in [0.25, 0.3) is 0 Å². The van der Waals surface area contributed by atoms with Gasteiger partial charge < -0.3 is 0 Å². The van der Waals surface area contributed by atoms with Crippen molar-refractivity contribution < 1.29 is 0 Å². The lowest BCUT2D eigenvalue weighted by Gasteiger charge is -2.41. The number of likely N-dealkylation sites (tertiary alicyclic amines) is 1. The molecular formula is C16H25N. The lowest BCUT2D eigenvalue weighted by Crippen LogP contribution is -2.42. The van der Waals surface area contributed by atoms with Crippen LogP contribution in [0.15, 0.2) is 30.3 Å². The zero-order chi connectivity index (χ0) is 12.3. The molecule has 2 unspecified atom stereocenters. The molecule has 1 aromatic carbocycles. The van der Waals surface area contributed by atoms with Crippen LogP contribution in [0.25, 0.3) is 0 Å². The fraction of sp³-hybridized carbons (Fsp3) is 0.625. The van der Waals surface area contributed by atoms with Crippen LogP contribution in [0.4, 0.5) is 0 Å². The summed E-state index contributed by atoms with van der Waals surface area (Å²) in [5.74, 6) is 0.735. The van der Waals surface area contributed by atoms with Crippen LogP contribution < -0.4 is 0 Å². The first-order chi connectivity index (χ1) is 8.20. The molecule has 1 fully saturated rings. The van der Waals surface area contributed by atoms with Crippen molar-refractivity contribution in [1.29, 1.82) is 0 Å². The highest BCUT2D eigenvalue weighted by molar-refractivity contribution is 5.19. The molecule has 1 aliphatic heterocycles. The topological polar surface area (TPSA) is 3.24 Å². The van der Waals surface area contributed by atoms with Gasteiger partial charge in [0.15, 0.2) is 0 Å². The quantitative estimate of drug-likeness (QED) is 0.751. The summed E-state index contributed by atoms with van der Waals surface area (Å²) in [6.45, 7) is 8.31. The molecule has 2 rings (SSSR count). The van der Waals surface area contributed by atoms with Crippen molar-refractivity contribution in [2.24, 2.45) is 5.92 Å². The maximum absolute atomic E-state index is 2.71. The van der Waals surface area contributed by atoms with Crippen LogP contribution in [-0.4, -0.2) is 17.5 Å². The highest BCUT2D eigenvalue weighted by Gasteiger charge is 2.28. The lowest BCUT2D eigenvalue weighted by atomic mass is 9.91. The van der Waals surface area contributed by atoms with Gasteiger partial charge in [-0.3, -0.25) is 4.90 Å². The van der Waals surface area contributed by atoms with E-state index in [9.17, 15) is 0 Å². The average Bonchev–Trinajstić information content (AvgIpc) is 2.39. The van der Waals surface area contributed by atoms with Gasteiger partial charge >= 0.3 is 0 Å². The smallest absolute Gasteiger partial charge is 0.0351 e. The monoisotopic (exact) mass is 231 g/mol. The molecule has 0 N–H and O–H groups in total. The third-order valence-corrected chi connectivity index (χ3v) is 4.22. The van der Waals surface area contributed by atoms with Gasteiger partial charge in [0.2, 0.25) is 0 Å². The Bertz CT molecular complexity index is 331. The second kappa shape index (κ2) is 5.68. The minimum atomic E-state index is 0.641. The first kappa shape index (κ1) is 12.6. The van der Waals surface area contributed by atoms with Crippen molar-refractivity contribution in [3.8, 4) is 0 Å². The predicted octanol–water partition coefficient (Wildman–Crippen LogP) is 4.26. The van der Waals surface area contributed by atoms with Gasteiger partial charge in [-0.05, 0) is 37.8 Å². The van der Waals surface area contributed by atoms with Gasteiger partial charge in [-0.1, -0.05) is 50.6 Å². The van der Waals surface area contributed by atoms with Crippen molar-refractivity contribution >= 4 is 0 Å². The van der Waals surface area contributed by atoms with E-state index in [1.165, 1.54) is 31.4 Å². The molecular weight excluding hydrogens is 206 g/mol. The summed E-state index contributed by atoms with van der Waals surface area (Å²) >= 11 is 0. The Morgan fingerprint density at radius 2 is 1.76 bits per heavy atom. The Balaban J connectivity index is 2.18. The zero-order valence-corrected chi connectivity index (χ0v) is 11.4. The second-order valence-electron chi connectivity index (χ2n) is 5.64. The zero-order valence-electron chi connectivity index (χ0n) is 11.4. The van der Waals surface area contributed by atoms with Gasteiger partial charge in [0, 0.05) is 12.1 Å². The van der Waals surface area contributed by atoms with E-state index in [1.54, 1.807) is 0 Å². The summed E-state index contributed by atoms with van der Waals surface area (Å²) in [6.07, 6.45) is 4.06. The minimum absolute atomic E-state index is 0.641.